The quantitative estimate of drug-likeness (QED) is 0.591. The van der Waals surface area contributed by atoms with E-state index in [2.05, 4.69) is 19.7 Å². The van der Waals surface area contributed by atoms with Crippen LogP contribution in [0.15, 0.2) is 59.8 Å². The predicted octanol–water partition coefficient (Wildman–Crippen LogP) is 3.86. The fraction of sp³-hybridized carbons (Fsp3) is 0.435. The van der Waals surface area contributed by atoms with Crippen molar-refractivity contribution in [1.29, 1.82) is 0 Å². The molecule has 0 aliphatic carbocycles. The highest BCUT2D eigenvalue weighted by Crippen LogP contribution is 2.19. The van der Waals surface area contributed by atoms with Crippen LogP contribution >= 0.6 is 0 Å². The highest BCUT2D eigenvalue weighted by Gasteiger charge is 2.10. The number of hydrogen-bond acceptors (Lipinski definition) is 5. The summed E-state index contributed by atoms with van der Waals surface area (Å²) in [7, 11) is 0. The van der Waals surface area contributed by atoms with Crippen LogP contribution in [0, 0.1) is 0 Å². The average Bonchev–Trinajstić information content (AvgIpc) is 2.53. The summed E-state index contributed by atoms with van der Waals surface area (Å²) < 4.78 is 10.1. The first-order valence-corrected chi connectivity index (χ1v) is 9.23. The maximum atomic E-state index is 11.3. The molecule has 0 aromatic heterocycles. The number of carbonyl (C=O) groups is 3. The van der Waals surface area contributed by atoms with Gasteiger partial charge in [0.25, 0.3) is 0 Å². The van der Waals surface area contributed by atoms with Crippen molar-refractivity contribution in [3.8, 4) is 0 Å². The van der Waals surface area contributed by atoms with Crippen molar-refractivity contribution < 1.29 is 23.9 Å². The molecule has 0 radical (unpaired) electrons. The van der Waals surface area contributed by atoms with Crippen LogP contribution in [0.5, 0.6) is 0 Å². The summed E-state index contributed by atoms with van der Waals surface area (Å²) >= 11 is 0. The van der Waals surface area contributed by atoms with E-state index in [0.29, 0.717) is 19.4 Å². The molecule has 0 N–H and O–H groups in total. The number of allylic oxidation sites excluding steroid dienone is 4. The van der Waals surface area contributed by atoms with Crippen molar-refractivity contribution in [2.45, 2.75) is 39.5 Å². The van der Waals surface area contributed by atoms with Gasteiger partial charge < -0.3 is 9.47 Å². The Labute approximate surface area is 167 Å². The third-order valence-electron chi connectivity index (χ3n) is 3.88. The minimum Gasteiger partial charge on any atom is -0.369 e. The first kappa shape index (κ1) is 23.7. The van der Waals surface area contributed by atoms with Crippen LogP contribution in [0.1, 0.15) is 39.5 Å². The molecule has 0 atom stereocenters. The molecule has 0 unspecified atom stereocenters. The predicted molar refractivity (Wildman–Crippen MR) is 110 cm³/mol. The molecule has 0 amide bonds. The molecule has 0 spiro atoms. The van der Waals surface area contributed by atoms with E-state index in [1.807, 2.05) is 13.8 Å². The average molecular weight is 386 g/mol. The number of hydrogen-bond donors (Lipinski definition) is 0. The Kier molecular flexibility index (Phi) is 10.3. The normalized spacial score (nSPS) is 24.4. The van der Waals surface area contributed by atoms with Gasteiger partial charge in [-0.05, 0) is 50.8 Å². The Morgan fingerprint density at radius 3 is 1.68 bits per heavy atom. The van der Waals surface area contributed by atoms with Crippen LogP contribution in [0.2, 0.25) is 0 Å². The molecule has 1 saturated heterocycles. The third kappa shape index (κ3) is 10.7. The number of carbonyl (C=O) groups excluding carboxylic acids is 3. The molecule has 1 fully saturated rings. The lowest BCUT2D eigenvalue weighted by molar-refractivity contribution is -0.124. The standard InChI is InChI=1S/C12H16O2.C11H14O3/c1-9-4-10(2)6-12(13)8-14-7-11(3)5-9;1-8-3-9(2)5-11(13)7-14-6-10(12)4-8/h1-8H2;4-5H,3,6-7H2,1-2H3/b;8-4-,9-5-. The fourth-order valence-electron chi connectivity index (χ4n) is 2.95. The number of Topliss-reactive ketones (excluding diaryl/α,β-unsaturated/α-hetero) is 1. The van der Waals surface area contributed by atoms with Crippen LogP contribution in [-0.4, -0.2) is 43.8 Å². The molecule has 2 rings (SSSR count). The highest BCUT2D eigenvalue weighted by atomic mass is 16.5. The van der Waals surface area contributed by atoms with E-state index >= 15 is 0 Å². The van der Waals surface area contributed by atoms with Crippen LogP contribution in [0.3, 0.4) is 0 Å². The van der Waals surface area contributed by atoms with Crippen molar-refractivity contribution in [2.24, 2.45) is 0 Å². The Morgan fingerprint density at radius 2 is 1.11 bits per heavy atom. The molecule has 0 aromatic rings. The van der Waals surface area contributed by atoms with Crippen molar-refractivity contribution in [3.63, 3.8) is 0 Å². The van der Waals surface area contributed by atoms with Gasteiger partial charge >= 0.3 is 0 Å². The number of ketones is 3. The summed E-state index contributed by atoms with van der Waals surface area (Å²) in [6.45, 7) is 16.0. The van der Waals surface area contributed by atoms with E-state index in [-0.39, 0.29) is 37.2 Å². The topological polar surface area (TPSA) is 69.7 Å². The first-order chi connectivity index (χ1) is 13.2. The Bertz CT molecular complexity index is 663. The second-order valence-electron chi connectivity index (χ2n) is 7.40. The zero-order valence-electron chi connectivity index (χ0n) is 17.0. The van der Waals surface area contributed by atoms with Crippen LogP contribution in [-0.2, 0) is 23.9 Å². The molecular weight excluding hydrogens is 356 g/mol. The molecular formula is C23H30O5. The number of rotatable bonds is 0. The zero-order valence-corrected chi connectivity index (χ0v) is 17.0. The molecule has 5 nitrogen and oxygen atoms in total. The Balaban J connectivity index is 0.000000280. The molecule has 28 heavy (non-hydrogen) atoms. The molecule has 0 bridgehead atoms. The summed E-state index contributed by atoms with van der Waals surface area (Å²) in [5.74, 6) is -0.0764. The van der Waals surface area contributed by atoms with Gasteiger partial charge in [-0.3, -0.25) is 14.4 Å². The SMILES string of the molecule is C/C1=C/C(=O)COCC(=O)/C=C(/C)C1.C=C1COCC(=O)CC(=C)CC(=C)C1. The zero-order chi connectivity index (χ0) is 21.1. The summed E-state index contributed by atoms with van der Waals surface area (Å²) in [5, 5.41) is 0. The lowest BCUT2D eigenvalue weighted by Crippen LogP contribution is -2.13. The van der Waals surface area contributed by atoms with E-state index < -0.39 is 0 Å². The maximum Gasteiger partial charge on any atom is 0.181 e. The highest BCUT2D eigenvalue weighted by molar-refractivity contribution is 5.94. The van der Waals surface area contributed by atoms with Gasteiger partial charge in [-0.15, -0.1) is 0 Å². The van der Waals surface area contributed by atoms with Gasteiger partial charge in [0.05, 0.1) is 6.61 Å². The first-order valence-electron chi connectivity index (χ1n) is 9.23. The van der Waals surface area contributed by atoms with Crippen LogP contribution < -0.4 is 0 Å². The molecule has 152 valence electrons. The molecule has 2 heterocycles. The Morgan fingerprint density at radius 1 is 0.643 bits per heavy atom. The Hall–Kier alpha value is -2.37. The molecule has 0 aromatic carbocycles. The van der Waals surface area contributed by atoms with Crippen LogP contribution in [0.4, 0.5) is 0 Å². The van der Waals surface area contributed by atoms with E-state index in [1.165, 1.54) is 0 Å². The van der Waals surface area contributed by atoms with Gasteiger partial charge in [0, 0.05) is 6.42 Å². The summed E-state index contributed by atoms with van der Waals surface area (Å²) in [6, 6.07) is 0. The van der Waals surface area contributed by atoms with E-state index in [4.69, 9.17) is 9.47 Å². The summed E-state index contributed by atoms with van der Waals surface area (Å²) in [5.41, 5.74) is 4.86. The van der Waals surface area contributed by atoms with Crippen molar-refractivity contribution in [1.82, 2.24) is 0 Å². The smallest absolute Gasteiger partial charge is 0.181 e. The van der Waals surface area contributed by atoms with Gasteiger partial charge in [-0.25, -0.2) is 0 Å². The van der Waals surface area contributed by atoms with Crippen LogP contribution in [0.25, 0.3) is 0 Å². The van der Waals surface area contributed by atoms with Gasteiger partial charge in [0.1, 0.15) is 19.8 Å². The second-order valence-corrected chi connectivity index (χ2v) is 7.40. The minimum absolute atomic E-state index is 0.00400. The summed E-state index contributed by atoms with van der Waals surface area (Å²) in [6.07, 6.45) is 5.74. The van der Waals surface area contributed by atoms with E-state index in [1.54, 1.807) is 12.2 Å². The lowest BCUT2D eigenvalue weighted by atomic mass is 9.98. The van der Waals surface area contributed by atoms with Gasteiger partial charge in [0.15, 0.2) is 17.3 Å². The molecule has 0 saturated carbocycles. The van der Waals surface area contributed by atoms with Gasteiger partial charge in [-0.1, -0.05) is 42.0 Å². The second kappa shape index (κ2) is 12.2. The third-order valence-corrected chi connectivity index (χ3v) is 3.88. The molecule has 2 aliphatic heterocycles. The van der Waals surface area contributed by atoms with Crippen molar-refractivity contribution in [3.05, 3.63) is 59.8 Å². The lowest BCUT2D eigenvalue weighted by Gasteiger charge is -2.13. The molecule has 2 aliphatic rings. The van der Waals surface area contributed by atoms with Gasteiger partial charge in [-0.2, -0.15) is 0 Å². The maximum absolute atomic E-state index is 11.3. The van der Waals surface area contributed by atoms with Crippen molar-refractivity contribution >= 4 is 17.3 Å². The van der Waals surface area contributed by atoms with Crippen molar-refractivity contribution in [2.75, 3.05) is 26.4 Å². The summed E-state index contributed by atoms with van der Waals surface area (Å²) in [4.78, 5) is 33.7. The van der Waals surface area contributed by atoms with E-state index in [9.17, 15) is 14.4 Å². The minimum atomic E-state index is -0.0787. The van der Waals surface area contributed by atoms with Gasteiger partial charge in [0.2, 0.25) is 0 Å². The monoisotopic (exact) mass is 386 g/mol. The number of ether oxygens (including phenoxy) is 2. The molecule has 5 heteroatoms. The fourth-order valence-corrected chi connectivity index (χ4v) is 2.95. The van der Waals surface area contributed by atoms with E-state index in [0.717, 1.165) is 40.7 Å². The largest absolute Gasteiger partial charge is 0.369 e.